The molecule has 2 aromatic rings. The molecule has 152 valence electrons. The SMILES string of the molecule is C=S(CC1CCOCC1)C(C)(C)C(=O)Nc1nc(-c2ccc(OC)cc2)cs1. The molecule has 1 aromatic heterocycles. The molecule has 7 heteroatoms. The first-order valence-electron chi connectivity index (χ1n) is 9.40. The molecule has 0 bridgehead atoms. The monoisotopic (exact) mass is 420 g/mol. The molecule has 3 rings (SSSR count). The molecule has 0 radical (unpaired) electrons. The number of amides is 1. The van der Waals surface area contributed by atoms with E-state index >= 15 is 0 Å². The van der Waals surface area contributed by atoms with Gasteiger partial charge in [-0.05, 0) is 62.6 Å². The van der Waals surface area contributed by atoms with Crippen LogP contribution in [-0.4, -0.2) is 47.6 Å². The van der Waals surface area contributed by atoms with Crippen molar-refractivity contribution in [2.24, 2.45) is 5.92 Å². The number of thiazole rings is 1. The smallest absolute Gasteiger partial charge is 0.241 e. The van der Waals surface area contributed by atoms with Gasteiger partial charge in [0.05, 0.1) is 17.6 Å². The van der Waals surface area contributed by atoms with Crippen LogP contribution in [0.4, 0.5) is 5.13 Å². The Kier molecular flexibility index (Phi) is 6.91. The minimum Gasteiger partial charge on any atom is -0.497 e. The predicted molar refractivity (Wildman–Crippen MR) is 120 cm³/mol. The van der Waals surface area contributed by atoms with Crippen molar-refractivity contribution in [2.75, 3.05) is 31.4 Å². The molecule has 1 amide bonds. The van der Waals surface area contributed by atoms with Crippen LogP contribution in [0.5, 0.6) is 5.75 Å². The quantitative estimate of drug-likeness (QED) is 0.662. The fourth-order valence-electron chi connectivity index (χ4n) is 3.01. The number of methoxy groups -OCH3 is 1. The number of hydrogen-bond donors (Lipinski definition) is 1. The maximum atomic E-state index is 12.9. The molecule has 2 heterocycles. The zero-order valence-electron chi connectivity index (χ0n) is 16.7. The summed E-state index contributed by atoms with van der Waals surface area (Å²) in [5, 5.41) is 5.57. The van der Waals surface area contributed by atoms with Gasteiger partial charge < -0.3 is 14.8 Å². The van der Waals surface area contributed by atoms with Crippen molar-refractivity contribution in [2.45, 2.75) is 31.4 Å². The summed E-state index contributed by atoms with van der Waals surface area (Å²) in [6.07, 6.45) is 2.13. The normalized spacial score (nSPS) is 16.5. The summed E-state index contributed by atoms with van der Waals surface area (Å²) in [7, 11) is 1.38. The molecule has 1 aliphatic heterocycles. The number of nitrogens with one attached hydrogen (secondary N) is 1. The Bertz CT molecular complexity index is 824. The molecule has 1 fully saturated rings. The number of rotatable bonds is 7. The highest BCUT2D eigenvalue weighted by Crippen LogP contribution is 2.36. The first-order valence-corrected chi connectivity index (χ1v) is 11.8. The number of anilines is 1. The van der Waals surface area contributed by atoms with E-state index in [4.69, 9.17) is 9.47 Å². The van der Waals surface area contributed by atoms with Gasteiger partial charge in [-0.2, -0.15) is 10.5 Å². The van der Waals surface area contributed by atoms with Gasteiger partial charge in [0, 0.05) is 24.2 Å². The van der Waals surface area contributed by atoms with Gasteiger partial charge in [0.2, 0.25) is 5.91 Å². The number of ether oxygens (including phenoxy) is 2. The van der Waals surface area contributed by atoms with E-state index in [1.54, 1.807) is 7.11 Å². The van der Waals surface area contributed by atoms with E-state index < -0.39 is 4.75 Å². The van der Waals surface area contributed by atoms with Crippen LogP contribution in [0.25, 0.3) is 11.3 Å². The standard InChI is InChI=1S/C21H28N2O3S2/c1-21(2,28(4)14-15-9-11-26-12-10-15)19(24)23-20-22-18(13-27-20)16-5-7-17(25-3)8-6-16/h5-8,13,15H,4,9-12,14H2,1-3H3,(H,22,23,24). The molecular formula is C21H28N2O3S2. The third-order valence-electron chi connectivity index (χ3n) is 5.16. The summed E-state index contributed by atoms with van der Waals surface area (Å²) in [4.78, 5) is 17.5. The fourth-order valence-corrected chi connectivity index (χ4v) is 5.36. The van der Waals surface area contributed by atoms with E-state index in [1.165, 1.54) is 11.3 Å². The topological polar surface area (TPSA) is 60.5 Å². The minimum absolute atomic E-state index is 0.0199. The number of carbonyl (C=O) groups excluding carboxylic acids is 1. The highest BCUT2D eigenvalue weighted by molar-refractivity contribution is 8.15. The van der Waals surface area contributed by atoms with Crippen LogP contribution in [0.15, 0.2) is 29.6 Å². The lowest BCUT2D eigenvalue weighted by Crippen LogP contribution is -2.37. The summed E-state index contributed by atoms with van der Waals surface area (Å²) in [6.45, 7) is 5.61. The Labute approximate surface area is 173 Å². The molecule has 0 saturated carbocycles. The molecule has 28 heavy (non-hydrogen) atoms. The van der Waals surface area contributed by atoms with Crippen molar-refractivity contribution in [1.82, 2.24) is 4.98 Å². The Morgan fingerprint density at radius 3 is 2.68 bits per heavy atom. The number of benzene rings is 1. The van der Waals surface area contributed by atoms with Crippen LogP contribution in [0, 0.1) is 5.92 Å². The number of nitrogens with zero attached hydrogens (tertiary/aromatic N) is 1. The van der Waals surface area contributed by atoms with Crippen LogP contribution < -0.4 is 10.1 Å². The Balaban J connectivity index is 1.62. The van der Waals surface area contributed by atoms with Gasteiger partial charge in [-0.25, -0.2) is 4.98 Å². The Morgan fingerprint density at radius 2 is 2.04 bits per heavy atom. The zero-order valence-corrected chi connectivity index (χ0v) is 18.3. The zero-order chi connectivity index (χ0) is 20.1. The third kappa shape index (κ3) is 5.01. The highest BCUT2D eigenvalue weighted by atomic mass is 32.2. The van der Waals surface area contributed by atoms with Crippen molar-refractivity contribution in [3.05, 3.63) is 29.6 Å². The first kappa shape index (κ1) is 21.0. The third-order valence-corrected chi connectivity index (χ3v) is 8.42. The highest BCUT2D eigenvalue weighted by Gasteiger charge is 2.32. The lowest BCUT2D eigenvalue weighted by atomic mass is 10.0. The molecule has 1 N–H and O–H groups in total. The van der Waals surface area contributed by atoms with Gasteiger partial charge in [0.15, 0.2) is 5.13 Å². The van der Waals surface area contributed by atoms with Crippen molar-refractivity contribution in [3.8, 4) is 17.0 Å². The van der Waals surface area contributed by atoms with E-state index in [2.05, 4.69) is 16.2 Å². The van der Waals surface area contributed by atoms with Gasteiger partial charge in [-0.15, -0.1) is 11.3 Å². The summed E-state index contributed by atoms with van der Waals surface area (Å²) in [6, 6.07) is 7.73. The molecule has 0 spiro atoms. The van der Waals surface area contributed by atoms with Crippen molar-refractivity contribution in [3.63, 3.8) is 0 Å². The molecule has 1 saturated heterocycles. The van der Waals surface area contributed by atoms with Crippen molar-refractivity contribution >= 4 is 38.7 Å². The van der Waals surface area contributed by atoms with Gasteiger partial charge in [-0.1, -0.05) is 5.87 Å². The number of aromatic nitrogens is 1. The average molecular weight is 421 g/mol. The molecule has 5 nitrogen and oxygen atoms in total. The summed E-state index contributed by atoms with van der Waals surface area (Å²) < 4.78 is 10.1. The molecule has 1 atom stereocenters. The van der Waals surface area contributed by atoms with Gasteiger partial charge >= 0.3 is 0 Å². The predicted octanol–water partition coefficient (Wildman–Crippen LogP) is 4.66. The Hall–Kier alpha value is -1.70. The average Bonchev–Trinajstić information content (AvgIpc) is 3.17. The van der Waals surface area contributed by atoms with E-state index in [9.17, 15) is 4.79 Å². The van der Waals surface area contributed by atoms with Crippen molar-refractivity contribution in [1.29, 1.82) is 0 Å². The molecule has 1 aliphatic rings. The largest absolute Gasteiger partial charge is 0.497 e. The minimum atomic E-state index is -0.537. The number of hydrogen-bond acceptors (Lipinski definition) is 5. The first-order chi connectivity index (χ1) is 13.4. The fraction of sp³-hybridized carbons (Fsp3) is 0.476. The second kappa shape index (κ2) is 9.20. The molecular weight excluding hydrogens is 392 g/mol. The van der Waals surface area contributed by atoms with Gasteiger partial charge in [0.1, 0.15) is 5.75 Å². The van der Waals surface area contributed by atoms with Crippen LogP contribution in [0.1, 0.15) is 26.7 Å². The lowest BCUT2D eigenvalue weighted by Gasteiger charge is -2.31. The van der Waals surface area contributed by atoms with Crippen LogP contribution in [-0.2, 0) is 9.53 Å². The van der Waals surface area contributed by atoms with Crippen LogP contribution >= 0.6 is 21.8 Å². The Morgan fingerprint density at radius 1 is 1.36 bits per heavy atom. The molecule has 1 aromatic carbocycles. The van der Waals surface area contributed by atoms with E-state index in [0.717, 1.165) is 48.8 Å². The lowest BCUT2D eigenvalue weighted by molar-refractivity contribution is -0.117. The second-order valence-electron chi connectivity index (χ2n) is 7.45. The van der Waals surface area contributed by atoms with Gasteiger partial charge in [0.25, 0.3) is 0 Å². The number of carbonyl (C=O) groups is 1. The second-order valence-corrected chi connectivity index (χ2v) is 10.6. The van der Waals surface area contributed by atoms with E-state index in [0.29, 0.717) is 11.0 Å². The maximum Gasteiger partial charge on any atom is 0.241 e. The molecule has 0 aliphatic carbocycles. The van der Waals surface area contributed by atoms with Gasteiger partial charge in [-0.3, -0.25) is 4.79 Å². The van der Waals surface area contributed by atoms with E-state index in [1.807, 2.05) is 43.5 Å². The maximum absolute atomic E-state index is 12.9. The summed E-state index contributed by atoms with van der Waals surface area (Å²) >= 11 is 1.44. The molecule has 1 unspecified atom stereocenters. The summed E-state index contributed by atoms with van der Waals surface area (Å²) in [5.74, 6) is 6.69. The van der Waals surface area contributed by atoms with E-state index in [-0.39, 0.29) is 16.4 Å². The van der Waals surface area contributed by atoms with Crippen LogP contribution in [0.2, 0.25) is 0 Å². The van der Waals surface area contributed by atoms with Crippen LogP contribution in [0.3, 0.4) is 0 Å². The summed E-state index contributed by atoms with van der Waals surface area (Å²) in [5.41, 5.74) is 1.84. The van der Waals surface area contributed by atoms with Crippen molar-refractivity contribution < 1.29 is 14.3 Å².